The van der Waals surface area contributed by atoms with Gasteiger partial charge < -0.3 is 10.1 Å². The summed E-state index contributed by atoms with van der Waals surface area (Å²) >= 11 is 0. The lowest BCUT2D eigenvalue weighted by Gasteiger charge is -1.98. The minimum absolute atomic E-state index is 0.118. The number of aliphatic carboxylic acids is 1. The van der Waals surface area contributed by atoms with Gasteiger partial charge in [-0.15, -0.1) is 0 Å². The van der Waals surface area contributed by atoms with Gasteiger partial charge in [0.15, 0.2) is 0 Å². The molecule has 7 heteroatoms. The second-order valence-electron chi connectivity index (χ2n) is 3.80. The van der Waals surface area contributed by atoms with Gasteiger partial charge in [-0.2, -0.15) is 5.10 Å². The number of aromatic amines is 1. The lowest BCUT2D eigenvalue weighted by molar-refractivity contribution is -0.136. The van der Waals surface area contributed by atoms with Crippen molar-refractivity contribution in [2.75, 3.05) is 0 Å². The number of hydrogen-bond donors (Lipinski definition) is 2. The number of benzene rings is 1. The van der Waals surface area contributed by atoms with Gasteiger partial charge >= 0.3 is 5.97 Å². The summed E-state index contributed by atoms with van der Waals surface area (Å²) in [5.74, 6) is -0.473. The van der Waals surface area contributed by atoms with Crippen LogP contribution in [0.2, 0.25) is 0 Å². The average molecular weight is 243 g/mol. The number of hydrogen-bond acceptors (Lipinski definition) is 4. The van der Waals surface area contributed by atoms with E-state index in [9.17, 15) is 4.79 Å². The Hall–Kier alpha value is -2.70. The number of carboxylic acid groups (broad SMARTS) is 1. The molecule has 2 N–H and O–H groups in total. The maximum absolute atomic E-state index is 10.6. The Balaban J connectivity index is 2.04. The molecule has 0 aliphatic rings. The smallest absolute Gasteiger partial charge is 0.311 e. The van der Waals surface area contributed by atoms with Crippen LogP contribution in [-0.2, 0) is 11.2 Å². The van der Waals surface area contributed by atoms with Gasteiger partial charge in [0.05, 0.1) is 16.7 Å². The summed E-state index contributed by atoms with van der Waals surface area (Å²) in [6.45, 7) is 0. The van der Waals surface area contributed by atoms with Crippen molar-refractivity contribution in [1.82, 2.24) is 24.7 Å². The maximum atomic E-state index is 10.6. The van der Waals surface area contributed by atoms with Gasteiger partial charge in [0.25, 0.3) is 0 Å². The van der Waals surface area contributed by atoms with E-state index in [1.54, 1.807) is 11.0 Å². The molecule has 0 unspecified atom stereocenters. The van der Waals surface area contributed by atoms with Crippen molar-refractivity contribution in [2.24, 2.45) is 0 Å². The molecule has 0 amide bonds. The monoisotopic (exact) mass is 243 g/mol. The molecule has 0 atom stereocenters. The third-order valence-electron chi connectivity index (χ3n) is 2.52. The number of nitrogens with zero attached hydrogens (tertiary/aromatic N) is 4. The molecule has 0 saturated heterocycles. The highest BCUT2D eigenvalue weighted by Crippen LogP contribution is 2.16. The van der Waals surface area contributed by atoms with Crippen LogP contribution < -0.4 is 0 Å². The fraction of sp³-hybridized carbons (Fsp3) is 0.0909. The Morgan fingerprint density at radius 1 is 1.44 bits per heavy atom. The van der Waals surface area contributed by atoms with E-state index in [-0.39, 0.29) is 6.42 Å². The number of fused-ring (bicyclic) bond motifs is 1. The first-order chi connectivity index (χ1) is 8.72. The summed E-state index contributed by atoms with van der Waals surface area (Å²) in [4.78, 5) is 21.7. The van der Waals surface area contributed by atoms with Crippen molar-refractivity contribution < 1.29 is 9.90 Å². The maximum Gasteiger partial charge on any atom is 0.311 e. The van der Waals surface area contributed by atoms with E-state index in [1.165, 1.54) is 6.33 Å². The Bertz CT molecular complexity index is 701. The van der Waals surface area contributed by atoms with E-state index in [0.29, 0.717) is 5.82 Å². The summed E-state index contributed by atoms with van der Waals surface area (Å²) < 4.78 is 1.62. The van der Waals surface area contributed by atoms with Gasteiger partial charge in [0.1, 0.15) is 24.9 Å². The molecule has 2 heterocycles. The van der Waals surface area contributed by atoms with E-state index in [4.69, 9.17) is 5.11 Å². The quantitative estimate of drug-likeness (QED) is 0.708. The Kier molecular flexibility index (Phi) is 2.30. The molecule has 0 aliphatic heterocycles. The number of H-pyrrole nitrogens is 1. The topological polar surface area (TPSA) is 96.7 Å². The summed E-state index contributed by atoms with van der Waals surface area (Å²) in [5, 5.41) is 12.7. The molecule has 0 saturated carbocycles. The molecule has 2 aromatic heterocycles. The molecule has 18 heavy (non-hydrogen) atoms. The highest BCUT2D eigenvalue weighted by Gasteiger charge is 2.07. The molecule has 3 aromatic rings. The van der Waals surface area contributed by atoms with Gasteiger partial charge in [0, 0.05) is 0 Å². The fourth-order valence-electron chi connectivity index (χ4n) is 1.76. The molecule has 0 fully saturated rings. The molecule has 0 aliphatic carbocycles. The number of rotatable bonds is 3. The van der Waals surface area contributed by atoms with Gasteiger partial charge in [-0.3, -0.25) is 4.79 Å². The lowest BCUT2D eigenvalue weighted by Crippen LogP contribution is -2.01. The zero-order valence-electron chi connectivity index (χ0n) is 9.24. The Labute approximate surface area is 101 Å². The van der Waals surface area contributed by atoms with Crippen LogP contribution in [0.1, 0.15) is 5.82 Å². The third-order valence-corrected chi connectivity index (χ3v) is 2.52. The molecular formula is C11H9N5O2. The van der Waals surface area contributed by atoms with Gasteiger partial charge in [0.2, 0.25) is 0 Å². The van der Waals surface area contributed by atoms with Crippen LogP contribution in [0.5, 0.6) is 0 Å². The molecule has 90 valence electrons. The molecule has 3 rings (SSSR count). The van der Waals surface area contributed by atoms with E-state index < -0.39 is 5.97 Å². The van der Waals surface area contributed by atoms with Crippen LogP contribution >= 0.6 is 0 Å². The van der Waals surface area contributed by atoms with Crippen LogP contribution in [0, 0.1) is 0 Å². The van der Waals surface area contributed by atoms with Crippen molar-refractivity contribution in [2.45, 2.75) is 6.42 Å². The SMILES string of the molecule is O=C(O)Cc1nc2ccc(-n3cncn3)cc2[nH]1. The number of aromatic nitrogens is 5. The van der Waals surface area contributed by atoms with Gasteiger partial charge in [-0.05, 0) is 18.2 Å². The number of carbonyl (C=O) groups is 1. The minimum atomic E-state index is -0.912. The van der Waals surface area contributed by atoms with Gasteiger partial charge in [-0.25, -0.2) is 14.6 Å². The van der Waals surface area contributed by atoms with E-state index in [1.807, 2.05) is 18.2 Å². The van der Waals surface area contributed by atoms with Crippen LogP contribution in [-0.4, -0.2) is 35.8 Å². The minimum Gasteiger partial charge on any atom is -0.481 e. The first kappa shape index (κ1) is 10.5. The van der Waals surface area contributed by atoms with Crippen LogP contribution in [0.15, 0.2) is 30.9 Å². The summed E-state index contributed by atoms with van der Waals surface area (Å²) in [7, 11) is 0. The predicted molar refractivity (Wildman–Crippen MR) is 62.4 cm³/mol. The first-order valence-corrected chi connectivity index (χ1v) is 5.28. The summed E-state index contributed by atoms with van der Waals surface area (Å²) in [6.07, 6.45) is 2.93. The van der Waals surface area contributed by atoms with Crippen LogP contribution in [0.25, 0.3) is 16.7 Å². The number of carboxylic acids is 1. The highest BCUT2D eigenvalue weighted by atomic mass is 16.4. The van der Waals surface area contributed by atoms with Crippen molar-refractivity contribution in [3.8, 4) is 5.69 Å². The normalized spacial score (nSPS) is 10.9. The van der Waals surface area contributed by atoms with Gasteiger partial charge in [-0.1, -0.05) is 0 Å². The largest absolute Gasteiger partial charge is 0.481 e. The number of nitrogens with one attached hydrogen (secondary N) is 1. The van der Waals surface area contributed by atoms with E-state index in [0.717, 1.165) is 16.7 Å². The second kappa shape index (κ2) is 3.95. The highest BCUT2D eigenvalue weighted by molar-refractivity contribution is 5.79. The van der Waals surface area contributed by atoms with Crippen molar-refractivity contribution in [1.29, 1.82) is 0 Å². The standard InChI is InChI=1S/C11H9N5O2/c17-11(18)4-10-14-8-2-1-7(3-9(8)15-10)16-6-12-5-13-16/h1-3,5-6H,4H2,(H,14,15)(H,17,18). The van der Waals surface area contributed by atoms with E-state index >= 15 is 0 Å². The molecule has 0 spiro atoms. The number of imidazole rings is 1. The summed E-state index contributed by atoms with van der Waals surface area (Å²) in [6, 6.07) is 5.51. The Morgan fingerprint density at radius 2 is 2.33 bits per heavy atom. The zero-order chi connectivity index (χ0) is 12.5. The van der Waals surface area contributed by atoms with E-state index in [2.05, 4.69) is 20.1 Å². The third kappa shape index (κ3) is 1.81. The molecule has 0 bridgehead atoms. The Morgan fingerprint density at radius 3 is 3.06 bits per heavy atom. The predicted octanol–water partition coefficient (Wildman–Crippen LogP) is 0.771. The van der Waals surface area contributed by atoms with Crippen LogP contribution in [0.4, 0.5) is 0 Å². The van der Waals surface area contributed by atoms with Crippen LogP contribution in [0.3, 0.4) is 0 Å². The lowest BCUT2D eigenvalue weighted by atomic mass is 10.3. The zero-order valence-corrected chi connectivity index (χ0v) is 9.24. The second-order valence-corrected chi connectivity index (χ2v) is 3.80. The fourth-order valence-corrected chi connectivity index (χ4v) is 1.76. The molecule has 7 nitrogen and oxygen atoms in total. The molecule has 0 radical (unpaired) electrons. The first-order valence-electron chi connectivity index (χ1n) is 5.28. The van der Waals surface area contributed by atoms with Crippen molar-refractivity contribution >= 4 is 17.0 Å². The summed E-state index contributed by atoms with van der Waals surface area (Å²) in [5.41, 5.74) is 2.35. The van der Waals surface area contributed by atoms with Crippen molar-refractivity contribution in [3.63, 3.8) is 0 Å². The average Bonchev–Trinajstić information content (AvgIpc) is 2.94. The van der Waals surface area contributed by atoms with Crippen molar-refractivity contribution in [3.05, 3.63) is 36.7 Å². The molecule has 1 aromatic carbocycles. The molecular weight excluding hydrogens is 234 g/mol.